The fourth-order valence-electron chi connectivity index (χ4n) is 3.51. The van der Waals surface area contributed by atoms with Gasteiger partial charge in [0.05, 0.1) is 104 Å². The molecule has 0 heterocycles. The number of nitrogens with zero attached hydrogens (tertiary/aromatic N) is 1. The lowest BCUT2D eigenvalue weighted by molar-refractivity contribution is -0.138. The predicted octanol–water partition coefficient (Wildman–Crippen LogP) is -0.280. The van der Waals surface area contributed by atoms with Gasteiger partial charge in [0.2, 0.25) is 0 Å². The Hall–Kier alpha value is -1.34. The topological polar surface area (TPSA) is 214 Å². The van der Waals surface area contributed by atoms with Crippen molar-refractivity contribution in [3.63, 3.8) is 0 Å². The molecule has 0 bridgehead atoms. The summed E-state index contributed by atoms with van der Waals surface area (Å²) < 4.78 is 32.4. The Kier molecular flexibility index (Phi) is 41.5. The quantitative estimate of drug-likeness (QED) is 0.0404. The van der Waals surface area contributed by atoms with Crippen molar-refractivity contribution in [2.45, 2.75) is 77.3 Å². The Balaban J connectivity index is -0.00000422. The smallest absolute Gasteiger partial charge is 0.303 e. The van der Waals surface area contributed by atoms with Crippen molar-refractivity contribution < 1.29 is 68.6 Å². The van der Waals surface area contributed by atoms with Gasteiger partial charge in [-0.15, -0.1) is 0 Å². The van der Waals surface area contributed by atoms with E-state index in [1.807, 2.05) is 20.8 Å². The maximum atomic E-state index is 10.7. The number of rotatable bonds is 32. The van der Waals surface area contributed by atoms with Crippen LogP contribution < -0.4 is 0 Å². The molecule has 272 valence electrons. The molecule has 0 aromatic carbocycles. The fourth-order valence-corrected chi connectivity index (χ4v) is 3.51. The first kappa shape index (κ1) is 48.1. The van der Waals surface area contributed by atoms with Crippen LogP contribution in [0, 0.1) is 0 Å². The molecule has 15 heteroatoms. The van der Waals surface area contributed by atoms with Crippen molar-refractivity contribution in [3.05, 3.63) is 0 Å². The van der Waals surface area contributed by atoms with E-state index in [0.29, 0.717) is 98.5 Å². The molecule has 0 amide bonds. The van der Waals surface area contributed by atoms with Crippen LogP contribution in [0.5, 0.6) is 0 Å². The van der Waals surface area contributed by atoms with Crippen molar-refractivity contribution in [2.24, 2.45) is 0 Å². The summed E-state index contributed by atoms with van der Waals surface area (Å²) in [7, 11) is 1.00. The number of aliphatic hydroxyl groups excluding tert-OH is 5. The van der Waals surface area contributed by atoms with Crippen LogP contribution in [-0.4, -0.2) is 178 Å². The zero-order valence-corrected chi connectivity index (χ0v) is 27.9. The average Bonchev–Trinajstić information content (AvgIpc) is 3.04. The van der Waals surface area contributed by atoms with Crippen molar-refractivity contribution in [1.82, 2.24) is 4.90 Å². The molecule has 0 fully saturated rings. The Labute approximate surface area is 269 Å². The van der Waals surface area contributed by atoms with Crippen molar-refractivity contribution in [3.8, 4) is 0 Å². The number of hydrogen-bond acceptors (Lipinski definition) is 14. The number of aliphatic carboxylic acids is 1. The molecule has 0 aromatic rings. The summed E-state index contributed by atoms with van der Waals surface area (Å²) in [4.78, 5) is 22.5. The van der Waals surface area contributed by atoms with Crippen LogP contribution in [-0.2, 0) is 38.0 Å². The van der Waals surface area contributed by atoms with Gasteiger partial charge in [-0.1, -0.05) is 27.2 Å². The molecule has 0 aromatic heterocycles. The lowest BCUT2D eigenvalue weighted by Crippen LogP contribution is -2.46. The van der Waals surface area contributed by atoms with Crippen LogP contribution in [0.4, 0.5) is 0 Å². The largest absolute Gasteiger partial charge is 0.481 e. The molecule has 45 heavy (non-hydrogen) atoms. The molecule has 0 aliphatic rings. The molecule has 0 saturated heterocycles. The third-order valence-electron chi connectivity index (χ3n) is 5.81. The van der Waals surface area contributed by atoms with Crippen LogP contribution in [0.3, 0.4) is 0 Å². The second kappa shape index (κ2) is 38.8. The summed E-state index contributed by atoms with van der Waals surface area (Å²) in [5.41, 5.74) is 0. The average molecular weight is 662 g/mol. The molecule has 15 nitrogen and oxygen atoms in total. The Morgan fingerprint density at radius 1 is 0.622 bits per heavy atom. The number of carboxylic acid groups (broad SMARTS) is 1. The van der Waals surface area contributed by atoms with Crippen molar-refractivity contribution in [1.29, 1.82) is 0 Å². The molecule has 4 unspecified atom stereocenters. The van der Waals surface area contributed by atoms with Gasteiger partial charge in [-0.05, 0) is 12.8 Å². The van der Waals surface area contributed by atoms with E-state index in [0.717, 1.165) is 13.4 Å². The number of carbonyl (C=O) groups is 2. The Morgan fingerprint density at radius 2 is 0.978 bits per heavy atom. The van der Waals surface area contributed by atoms with E-state index >= 15 is 0 Å². The van der Waals surface area contributed by atoms with Crippen LogP contribution in [0.15, 0.2) is 0 Å². The lowest BCUT2D eigenvalue weighted by atomic mass is 10.1. The molecule has 0 rings (SSSR count). The van der Waals surface area contributed by atoms with Crippen LogP contribution in [0.2, 0.25) is 0 Å². The van der Waals surface area contributed by atoms with E-state index in [1.165, 1.54) is 0 Å². The minimum atomic E-state index is -1.22. The van der Waals surface area contributed by atoms with Gasteiger partial charge in [0, 0.05) is 39.6 Å². The van der Waals surface area contributed by atoms with Gasteiger partial charge in [0.15, 0.2) is 0 Å². The monoisotopic (exact) mass is 661 g/mol. The highest BCUT2D eigenvalue weighted by Crippen LogP contribution is 2.09. The second-order valence-electron chi connectivity index (χ2n) is 9.38. The zero-order valence-electron chi connectivity index (χ0n) is 27.9. The predicted molar refractivity (Wildman–Crippen MR) is 167 cm³/mol. The molecule has 0 spiro atoms. The van der Waals surface area contributed by atoms with E-state index in [-0.39, 0.29) is 32.5 Å². The van der Waals surface area contributed by atoms with Gasteiger partial charge >= 0.3 is 5.97 Å². The Bertz CT molecular complexity index is 605. The maximum Gasteiger partial charge on any atom is 0.303 e. The maximum absolute atomic E-state index is 10.7. The number of aldehydes is 1. The molecular formula is C30H63NO14. The third kappa shape index (κ3) is 35.4. The lowest BCUT2D eigenvalue weighted by Gasteiger charge is -2.30. The summed E-state index contributed by atoms with van der Waals surface area (Å²) in [6, 6.07) is 0. The number of carbonyl (C=O) groups excluding carboxylic acids is 1. The first-order valence-electron chi connectivity index (χ1n) is 15.8. The summed E-state index contributed by atoms with van der Waals surface area (Å²) in [5, 5.41) is 56.5. The molecular weight excluding hydrogens is 598 g/mol. The fraction of sp³-hybridized carbons (Fsp3) is 0.933. The van der Waals surface area contributed by atoms with Crippen LogP contribution in [0.1, 0.15) is 52.9 Å². The molecule has 0 aliphatic heterocycles. The van der Waals surface area contributed by atoms with Gasteiger partial charge in [0.25, 0.3) is 0 Å². The molecule has 0 aliphatic carbocycles. The van der Waals surface area contributed by atoms with Gasteiger partial charge < -0.3 is 63.9 Å². The number of aliphatic hydroxyl groups is 5. The first-order chi connectivity index (χ1) is 21.8. The summed E-state index contributed by atoms with van der Waals surface area (Å²) in [5.74, 6) is -1.06. The standard InChI is InChI=1S/C27H53NO13.C2H6.CH4O/c1-2-4-23(30)25(32)21-28(22-26(33)24(31)5-6-27(34)35)7-10-37-12-14-39-16-18-41-20-19-40-17-15-38-13-11-36-9-3-8-29;2*1-2/h8,23-26,30-33H,2-7,9-22H2,1H3,(H,34,35);1-2H3;2H,1H3. The highest BCUT2D eigenvalue weighted by Gasteiger charge is 2.24. The zero-order chi connectivity index (χ0) is 34.6. The summed E-state index contributed by atoms with van der Waals surface area (Å²) >= 11 is 0. The van der Waals surface area contributed by atoms with Crippen molar-refractivity contribution in [2.75, 3.05) is 106 Å². The van der Waals surface area contributed by atoms with E-state index in [9.17, 15) is 30.0 Å². The van der Waals surface area contributed by atoms with Gasteiger partial charge in [-0.25, -0.2) is 0 Å². The van der Waals surface area contributed by atoms with Crippen molar-refractivity contribution >= 4 is 12.3 Å². The summed E-state index contributed by atoms with van der Waals surface area (Å²) in [6.07, 6.45) is -2.40. The minimum Gasteiger partial charge on any atom is -0.481 e. The Morgan fingerprint density at radius 3 is 1.33 bits per heavy atom. The normalized spacial score (nSPS) is 13.6. The van der Waals surface area contributed by atoms with E-state index < -0.39 is 30.4 Å². The summed E-state index contributed by atoms with van der Waals surface area (Å²) in [6.45, 7) is 11.1. The molecule has 0 saturated carbocycles. The van der Waals surface area contributed by atoms with E-state index in [1.54, 1.807) is 4.90 Å². The molecule has 6 N–H and O–H groups in total. The third-order valence-corrected chi connectivity index (χ3v) is 5.81. The first-order valence-corrected chi connectivity index (χ1v) is 15.8. The second-order valence-corrected chi connectivity index (χ2v) is 9.38. The molecule has 4 atom stereocenters. The van der Waals surface area contributed by atoms with Crippen LogP contribution in [0.25, 0.3) is 0 Å². The number of carboxylic acids is 1. The molecule has 0 radical (unpaired) electrons. The highest BCUT2D eigenvalue weighted by atomic mass is 16.6. The van der Waals surface area contributed by atoms with Crippen LogP contribution >= 0.6 is 0 Å². The number of ether oxygens (including phenoxy) is 6. The van der Waals surface area contributed by atoms with Gasteiger partial charge in [0.1, 0.15) is 6.29 Å². The van der Waals surface area contributed by atoms with E-state index in [4.69, 9.17) is 38.6 Å². The van der Waals surface area contributed by atoms with Gasteiger partial charge in [-0.3, -0.25) is 9.69 Å². The SMILES string of the molecule is CC.CCCC(O)C(O)CN(CCOCCOCCOCCOCCOCCOCCC=O)CC(O)C(O)CCC(=O)O.CO. The van der Waals surface area contributed by atoms with E-state index in [2.05, 4.69) is 0 Å². The number of hydrogen-bond donors (Lipinski definition) is 6. The highest BCUT2D eigenvalue weighted by molar-refractivity contribution is 5.66. The van der Waals surface area contributed by atoms with Gasteiger partial charge in [-0.2, -0.15) is 0 Å². The minimum absolute atomic E-state index is 0.0109.